The number of nitrogens with zero attached hydrogens (tertiary/aromatic N) is 1. The van der Waals surface area contributed by atoms with Crippen molar-refractivity contribution in [2.24, 2.45) is 5.41 Å². The minimum absolute atomic E-state index is 0.116. The van der Waals surface area contributed by atoms with Crippen molar-refractivity contribution in [3.63, 3.8) is 0 Å². The van der Waals surface area contributed by atoms with E-state index in [1.807, 2.05) is 0 Å². The molecular weight excluding hydrogens is 290 g/mol. The Hall–Kier alpha value is -1.29. The molecule has 1 heterocycles. The van der Waals surface area contributed by atoms with Gasteiger partial charge in [0.15, 0.2) is 0 Å². The van der Waals surface area contributed by atoms with E-state index in [-0.39, 0.29) is 11.3 Å². The van der Waals surface area contributed by atoms with E-state index in [1.165, 1.54) is 32.1 Å². The Bertz CT molecular complexity index is 505. The van der Waals surface area contributed by atoms with Crippen LogP contribution in [0.5, 0.6) is 0 Å². The van der Waals surface area contributed by atoms with Crippen LogP contribution in [0.4, 0.5) is 0 Å². The number of hydrogen-bond acceptors (Lipinski definition) is 3. The molecule has 2 aliphatic rings. The fraction of sp³-hybridized carbons (Fsp3) is 0.737. The maximum atomic E-state index is 12.9. The van der Waals surface area contributed by atoms with Crippen molar-refractivity contribution in [3.05, 3.63) is 24.2 Å². The zero-order valence-electron chi connectivity index (χ0n) is 14.4. The summed E-state index contributed by atoms with van der Waals surface area (Å²) in [5, 5.41) is 0. The van der Waals surface area contributed by atoms with Gasteiger partial charge in [-0.3, -0.25) is 4.79 Å². The number of hydrogen-bond donors (Lipinski definition) is 0. The maximum absolute atomic E-state index is 12.9. The Morgan fingerprint density at radius 3 is 2.74 bits per heavy atom. The van der Waals surface area contributed by atoms with Gasteiger partial charge >= 0.3 is 0 Å². The second kappa shape index (κ2) is 7.08. The van der Waals surface area contributed by atoms with Crippen molar-refractivity contribution in [2.75, 3.05) is 13.2 Å². The minimum atomic E-state index is 0.116. The standard InChI is InChI=1S/C19H29NO3/c1-3-11-20(18(21)15-8-12-22-14-15)16-13-17(23-4-2)19(16)9-6-5-7-10-19/h8,12,14,16-17H,3-7,9-11,13H2,1-2H3/t16-,17-/m1/s1. The van der Waals surface area contributed by atoms with Crippen molar-refractivity contribution >= 4 is 5.91 Å². The van der Waals surface area contributed by atoms with Crippen LogP contribution in [0, 0.1) is 5.41 Å². The van der Waals surface area contributed by atoms with Gasteiger partial charge in [0.1, 0.15) is 6.26 Å². The predicted molar refractivity (Wildman–Crippen MR) is 89.4 cm³/mol. The number of ether oxygens (including phenoxy) is 1. The summed E-state index contributed by atoms with van der Waals surface area (Å²) in [6.07, 6.45) is 11.7. The molecule has 4 nitrogen and oxygen atoms in total. The molecule has 0 aliphatic heterocycles. The van der Waals surface area contributed by atoms with E-state index >= 15 is 0 Å². The van der Waals surface area contributed by atoms with Crippen LogP contribution in [0.3, 0.4) is 0 Å². The highest BCUT2D eigenvalue weighted by molar-refractivity contribution is 5.94. The number of carbonyl (C=O) groups excluding carboxylic acids is 1. The second-order valence-corrected chi connectivity index (χ2v) is 7.00. The van der Waals surface area contributed by atoms with Crippen molar-refractivity contribution in [3.8, 4) is 0 Å². The van der Waals surface area contributed by atoms with E-state index in [4.69, 9.17) is 9.15 Å². The largest absolute Gasteiger partial charge is 0.472 e. The van der Waals surface area contributed by atoms with Crippen LogP contribution in [-0.4, -0.2) is 36.1 Å². The lowest BCUT2D eigenvalue weighted by Crippen LogP contribution is -2.66. The summed E-state index contributed by atoms with van der Waals surface area (Å²) in [6.45, 7) is 5.80. The van der Waals surface area contributed by atoms with Gasteiger partial charge in [0.05, 0.1) is 17.9 Å². The Morgan fingerprint density at radius 1 is 1.35 bits per heavy atom. The third-order valence-corrected chi connectivity index (χ3v) is 5.76. The van der Waals surface area contributed by atoms with Gasteiger partial charge in [-0.1, -0.05) is 26.2 Å². The van der Waals surface area contributed by atoms with Gasteiger partial charge in [0.2, 0.25) is 0 Å². The van der Waals surface area contributed by atoms with Crippen molar-refractivity contribution < 1.29 is 13.9 Å². The molecule has 1 aromatic rings. The third-order valence-electron chi connectivity index (χ3n) is 5.76. The summed E-state index contributed by atoms with van der Waals surface area (Å²) in [5.41, 5.74) is 0.854. The molecule has 4 heteroatoms. The molecule has 128 valence electrons. The summed E-state index contributed by atoms with van der Waals surface area (Å²) in [5.74, 6) is 0.116. The van der Waals surface area contributed by atoms with Crippen LogP contribution < -0.4 is 0 Å². The van der Waals surface area contributed by atoms with E-state index in [2.05, 4.69) is 18.7 Å². The molecule has 0 unspecified atom stereocenters. The first-order chi connectivity index (χ1) is 11.2. The quantitative estimate of drug-likeness (QED) is 0.787. The van der Waals surface area contributed by atoms with Crippen LogP contribution in [0.2, 0.25) is 0 Å². The first kappa shape index (κ1) is 16.6. The van der Waals surface area contributed by atoms with Crippen LogP contribution in [0.25, 0.3) is 0 Å². The van der Waals surface area contributed by atoms with Crippen LogP contribution >= 0.6 is 0 Å². The normalized spacial score (nSPS) is 26.0. The lowest BCUT2D eigenvalue weighted by molar-refractivity contribution is -0.174. The molecule has 1 aromatic heterocycles. The molecule has 23 heavy (non-hydrogen) atoms. The van der Waals surface area contributed by atoms with Gasteiger partial charge < -0.3 is 14.1 Å². The van der Waals surface area contributed by atoms with Gasteiger partial charge in [-0.15, -0.1) is 0 Å². The third kappa shape index (κ3) is 2.93. The fourth-order valence-corrected chi connectivity index (χ4v) is 4.66. The van der Waals surface area contributed by atoms with Crippen LogP contribution in [0.1, 0.15) is 69.2 Å². The van der Waals surface area contributed by atoms with Gasteiger partial charge in [-0.2, -0.15) is 0 Å². The average Bonchev–Trinajstić information content (AvgIpc) is 3.11. The fourth-order valence-electron chi connectivity index (χ4n) is 4.66. The molecule has 2 aliphatic carbocycles. The lowest BCUT2D eigenvalue weighted by Gasteiger charge is -2.60. The number of rotatable bonds is 6. The highest BCUT2D eigenvalue weighted by Crippen LogP contribution is 2.55. The Labute approximate surface area is 139 Å². The molecule has 2 atom stereocenters. The van der Waals surface area contributed by atoms with Crippen LogP contribution in [-0.2, 0) is 4.74 Å². The number of carbonyl (C=O) groups is 1. The zero-order valence-corrected chi connectivity index (χ0v) is 14.4. The highest BCUT2D eigenvalue weighted by atomic mass is 16.5. The molecular formula is C19H29NO3. The number of amides is 1. The van der Waals surface area contributed by atoms with E-state index in [0.717, 1.165) is 26.0 Å². The molecule has 1 spiro atoms. The molecule has 2 saturated carbocycles. The summed E-state index contributed by atoms with van der Waals surface area (Å²) >= 11 is 0. The molecule has 1 amide bonds. The second-order valence-electron chi connectivity index (χ2n) is 7.00. The molecule has 0 radical (unpaired) electrons. The first-order valence-electron chi connectivity index (χ1n) is 9.17. The van der Waals surface area contributed by atoms with E-state index in [9.17, 15) is 4.79 Å². The summed E-state index contributed by atoms with van der Waals surface area (Å²) in [7, 11) is 0. The van der Waals surface area contributed by atoms with E-state index in [0.29, 0.717) is 17.7 Å². The SMILES string of the molecule is CCCN(C(=O)c1ccoc1)[C@@H]1C[C@@H](OCC)C12CCCCC2. The molecule has 2 fully saturated rings. The first-order valence-corrected chi connectivity index (χ1v) is 9.17. The molecule has 0 N–H and O–H groups in total. The number of furan rings is 1. The van der Waals surface area contributed by atoms with Gasteiger partial charge in [0, 0.05) is 24.6 Å². The smallest absolute Gasteiger partial charge is 0.257 e. The van der Waals surface area contributed by atoms with E-state index in [1.54, 1.807) is 18.6 Å². The summed E-state index contributed by atoms with van der Waals surface area (Å²) in [4.78, 5) is 15.0. The van der Waals surface area contributed by atoms with Crippen molar-refractivity contribution in [1.29, 1.82) is 0 Å². The molecule has 0 aromatic carbocycles. The summed E-state index contributed by atoms with van der Waals surface area (Å²) in [6, 6.07) is 2.10. The average molecular weight is 319 g/mol. The summed E-state index contributed by atoms with van der Waals surface area (Å²) < 4.78 is 11.2. The molecule has 3 rings (SSSR count). The Morgan fingerprint density at radius 2 is 2.13 bits per heavy atom. The van der Waals surface area contributed by atoms with Crippen LogP contribution in [0.15, 0.2) is 23.0 Å². The van der Waals surface area contributed by atoms with Gasteiger partial charge in [-0.05, 0) is 38.7 Å². The van der Waals surface area contributed by atoms with Crippen molar-refractivity contribution in [2.45, 2.75) is 70.9 Å². The van der Waals surface area contributed by atoms with Gasteiger partial charge in [-0.25, -0.2) is 0 Å². The Balaban J connectivity index is 1.82. The van der Waals surface area contributed by atoms with Gasteiger partial charge in [0.25, 0.3) is 5.91 Å². The highest BCUT2D eigenvalue weighted by Gasteiger charge is 2.58. The van der Waals surface area contributed by atoms with E-state index < -0.39 is 0 Å². The minimum Gasteiger partial charge on any atom is -0.472 e. The zero-order chi connectivity index (χ0) is 16.3. The monoisotopic (exact) mass is 319 g/mol. The molecule has 0 bridgehead atoms. The predicted octanol–water partition coefficient (Wildman–Crippen LogP) is 4.26. The Kier molecular flexibility index (Phi) is 5.10. The topological polar surface area (TPSA) is 42.7 Å². The maximum Gasteiger partial charge on any atom is 0.257 e. The lowest BCUT2D eigenvalue weighted by atomic mass is 9.54. The molecule has 0 saturated heterocycles. The van der Waals surface area contributed by atoms with Crippen molar-refractivity contribution in [1.82, 2.24) is 4.90 Å².